The fraction of sp³-hybridized carbons (Fsp3) is 0.882. The molecule has 0 spiro atoms. The van der Waals surface area contributed by atoms with E-state index in [2.05, 4.69) is 11.5 Å². The van der Waals surface area contributed by atoms with Crippen LogP contribution in [0.4, 0.5) is 0 Å². The first-order valence-corrected chi connectivity index (χ1v) is 12.8. The molecule has 0 aromatic rings. The van der Waals surface area contributed by atoms with Gasteiger partial charge < -0.3 is 19.4 Å². The normalized spacial score (nSPS) is 28.5. The van der Waals surface area contributed by atoms with Gasteiger partial charge in [0.15, 0.2) is 0 Å². The topological polar surface area (TPSA) is 127 Å². The van der Waals surface area contributed by atoms with Crippen molar-refractivity contribution >= 4 is 15.6 Å². The van der Waals surface area contributed by atoms with Crippen LogP contribution in [0, 0.1) is 0 Å². The summed E-state index contributed by atoms with van der Waals surface area (Å²) in [7, 11) is -3.46. The van der Waals surface area contributed by atoms with E-state index in [0.717, 1.165) is 25.0 Å². The van der Waals surface area contributed by atoms with Crippen molar-refractivity contribution in [3.8, 4) is 0 Å². The Morgan fingerprint density at radius 1 is 1.03 bits per heavy atom. The molecule has 176 valence electrons. The van der Waals surface area contributed by atoms with Gasteiger partial charge in [-0.25, -0.2) is 9.13 Å². The van der Waals surface area contributed by atoms with Crippen LogP contribution in [-0.2, 0) is 32.0 Å². The summed E-state index contributed by atoms with van der Waals surface area (Å²) in [4.78, 5) is 23.8. The number of ether oxygens (including phenoxy) is 1. The Kier molecular flexibility index (Phi) is 10.1. The molecule has 0 aromatic carbocycles. The molecule has 2 aliphatic rings. The molecule has 5 atom stereocenters. The van der Waals surface area contributed by atoms with Crippen LogP contribution in [0.1, 0.15) is 19.3 Å². The highest BCUT2D eigenvalue weighted by atomic mass is 31.2. The van der Waals surface area contributed by atoms with Gasteiger partial charge in [-0.15, -0.1) is 0 Å². The minimum atomic E-state index is -4.32. The van der Waals surface area contributed by atoms with Gasteiger partial charge in [-0.2, -0.15) is 0 Å². The molecule has 2 N–H and O–H groups in total. The number of phosphoric acid groups is 2. The summed E-state index contributed by atoms with van der Waals surface area (Å²) < 4.78 is 49.3. The quantitative estimate of drug-likeness (QED) is 0.300. The number of phosphoric ester groups is 2. The molecule has 30 heavy (non-hydrogen) atoms. The molecule has 2 saturated heterocycles. The molecule has 2 rings (SSSR count). The van der Waals surface area contributed by atoms with Gasteiger partial charge in [0, 0.05) is 25.7 Å². The summed E-state index contributed by atoms with van der Waals surface area (Å²) in [6, 6.07) is 0.0311. The number of likely N-dealkylation sites (N-methyl/N-ethyl adjacent to an activating group) is 2. The Hall–Kier alpha value is -0.160. The van der Waals surface area contributed by atoms with Gasteiger partial charge in [-0.05, 0) is 39.9 Å². The smallest absolute Gasteiger partial charge is 0.377 e. The summed E-state index contributed by atoms with van der Waals surface area (Å²) >= 11 is 0. The van der Waals surface area contributed by atoms with Crippen molar-refractivity contribution in [1.29, 1.82) is 0 Å². The zero-order chi connectivity index (χ0) is 22.4. The van der Waals surface area contributed by atoms with E-state index in [0.29, 0.717) is 13.0 Å². The lowest BCUT2D eigenvalue weighted by Gasteiger charge is -2.23. The molecular weight excluding hydrogens is 438 g/mol. The van der Waals surface area contributed by atoms with E-state index in [1.54, 1.807) is 0 Å². The van der Waals surface area contributed by atoms with Crippen molar-refractivity contribution in [3.63, 3.8) is 0 Å². The standard InChI is InChI=1S/C17H34N2O9P2/c1-14-8-16(19(3)9-14)11-26-30(22,23)28-13-17(24-4)12-27-29(20,21)25-10-15-6-5-7-18(15)2/h15-17H,1,5-13H2,2-4H3,(H,20,21)(H,22,23)/t15-,16+,17?/m0/s1. The van der Waals surface area contributed by atoms with Gasteiger partial charge in [0.2, 0.25) is 0 Å². The number of methoxy groups -OCH3 is 1. The van der Waals surface area contributed by atoms with E-state index in [1.165, 1.54) is 7.11 Å². The number of hydrogen-bond donors (Lipinski definition) is 2. The Morgan fingerprint density at radius 2 is 1.60 bits per heavy atom. The van der Waals surface area contributed by atoms with Gasteiger partial charge in [-0.3, -0.25) is 23.0 Å². The molecule has 2 fully saturated rings. The zero-order valence-electron chi connectivity index (χ0n) is 17.8. The van der Waals surface area contributed by atoms with Crippen LogP contribution < -0.4 is 0 Å². The molecule has 0 aliphatic carbocycles. The summed E-state index contributed by atoms with van der Waals surface area (Å²) in [6.07, 6.45) is 1.73. The number of rotatable bonds is 13. The molecule has 3 unspecified atom stereocenters. The molecule has 2 aliphatic heterocycles. The van der Waals surface area contributed by atoms with Gasteiger partial charge in [0.1, 0.15) is 6.10 Å². The van der Waals surface area contributed by atoms with Crippen molar-refractivity contribution in [3.05, 3.63) is 12.2 Å². The monoisotopic (exact) mass is 472 g/mol. The summed E-state index contributed by atoms with van der Waals surface area (Å²) in [5.41, 5.74) is 1.03. The summed E-state index contributed by atoms with van der Waals surface area (Å²) in [5.74, 6) is 0. The molecule has 0 radical (unpaired) electrons. The minimum Gasteiger partial charge on any atom is -0.377 e. The predicted octanol–water partition coefficient (Wildman–Crippen LogP) is 1.62. The Morgan fingerprint density at radius 3 is 2.03 bits per heavy atom. The van der Waals surface area contributed by atoms with Crippen molar-refractivity contribution in [2.75, 3.05) is 60.7 Å². The lowest BCUT2D eigenvalue weighted by molar-refractivity contribution is -0.000362. The van der Waals surface area contributed by atoms with E-state index in [9.17, 15) is 18.9 Å². The molecule has 2 heterocycles. The molecular formula is C17H34N2O9P2. The van der Waals surface area contributed by atoms with E-state index in [-0.39, 0.29) is 38.5 Å². The van der Waals surface area contributed by atoms with Gasteiger partial charge in [0.05, 0.1) is 26.4 Å². The van der Waals surface area contributed by atoms with Crippen LogP contribution in [0.2, 0.25) is 0 Å². The SMILES string of the molecule is C=C1C[C@H](COP(=O)(O)OCC(COP(=O)(O)OC[C@@H]2CCCN2C)OC)N(C)C1. The Balaban J connectivity index is 1.70. The van der Waals surface area contributed by atoms with Crippen LogP contribution in [0.3, 0.4) is 0 Å². The zero-order valence-corrected chi connectivity index (χ0v) is 19.6. The molecule has 0 amide bonds. The van der Waals surface area contributed by atoms with Gasteiger partial charge >= 0.3 is 15.6 Å². The molecule has 13 heteroatoms. The van der Waals surface area contributed by atoms with E-state index >= 15 is 0 Å². The molecule has 0 saturated carbocycles. The number of hydrogen-bond acceptors (Lipinski definition) is 9. The summed E-state index contributed by atoms with van der Waals surface area (Å²) in [6.45, 7) is 4.93. The second-order valence-corrected chi connectivity index (χ2v) is 10.7. The third kappa shape index (κ3) is 8.76. The lowest BCUT2D eigenvalue weighted by atomic mass is 10.2. The highest BCUT2D eigenvalue weighted by Crippen LogP contribution is 2.46. The second-order valence-electron chi connectivity index (χ2n) is 7.78. The largest absolute Gasteiger partial charge is 0.472 e. The highest BCUT2D eigenvalue weighted by Gasteiger charge is 2.31. The van der Waals surface area contributed by atoms with Crippen molar-refractivity contribution < 1.29 is 41.7 Å². The van der Waals surface area contributed by atoms with Crippen LogP contribution in [0.25, 0.3) is 0 Å². The Bertz CT molecular complexity index is 665. The van der Waals surface area contributed by atoms with Gasteiger partial charge in [0.25, 0.3) is 0 Å². The first kappa shape index (κ1) is 26.1. The van der Waals surface area contributed by atoms with E-state index < -0.39 is 21.7 Å². The fourth-order valence-electron chi connectivity index (χ4n) is 3.39. The van der Waals surface area contributed by atoms with Crippen LogP contribution in [0.5, 0.6) is 0 Å². The van der Waals surface area contributed by atoms with E-state index in [1.807, 2.05) is 19.0 Å². The van der Waals surface area contributed by atoms with Crippen LogP contribution in [-0.4, -0.2) is 98.5 Å². The predicted molar refractivity (Wildman–Crippen MR) is 110 cm³/mol. The summed E-state index contributed by atoms with van der Waals surface area (Å²) in [5, 5.41) is 0. The van der Waals surface area contributed by atoms with E-state index in [4.69, 9.17) is 22.8 Å². The van der Waals surface area contributed by atoms with Crippen molar-refractivity contribution in [2.45, 2.75) is 37.5 Å². The Labute approximate surface area is 178 Å². The maximum absolute atomic E-state index is 12.1. The first-order valence-electron chi connectivity index (χ1n) is 9.85. The fourth-order valence-corrected chi connectivity index (χ4v) is 4.96. The average molecular weight is 472 g/mol. The third-order valence-electron chi connectivity index (χ3n) is 5.33. The number of nitrogens with zero attached hydrogens (tertiary/aromatic N) is 2. The lowest BCUT2D eigenvalue weighted by Crippen LogP contribution is -2.30. The maximum atomic E-state index is 12.1. The maximum Gasteiger partial charge on any atom is 0.472 e. The number of likely N-dealkylation sites (tertiary alicyclic amines) is 2. The average Bonchev–Trinajstić information content (AvgIpc) is 3.22. The highest BCUT2D eigenvalue weighted by molar-refractivity contribution is 7.47. The second kappa shape index (κ2) is 11.6. The van der Waals surface area contributed by atoms with Crippen LogP contribution in [0.15, 0.2) is 12.2 Å². The minimum absolute atomic E-state index is 0.0206. The molecule has 0 aromatic heterocycles. The first-order chi connectivity index (χ1) is 14.0. The molecule has 0 bridgehead atoms. The van der Waals surface area contributed by atoms with Crippen molar-refractivity contribution in [2.24, 2.45) is 0 Å². The van der Waals surface area contributed by atoms with Gasteiger partial charge in [-0.1, -0.05) is 12.2 Å². The third-order valence-corrected chi connectivity index (χ3v) is 7.23. The molecule has 11 nitrogen and oxygen atoms in total. The van der Waals surface area contributed by atoms with Crippen molar-refractivity contribution in [1.82, 2.24) is 9.80 Å². The van der Waals surface area contributed by atoms with Crippen LogP contribution >= 0.6 is 15.6 Å².